The first-order chi connectivity index (χ1) is 20.4. The summed E-state index contributed by atoms with van der Waals surface area (Å²) in [6.07, 6.45) is -0.213. The second-order valence-electron chi connectivity index (χ2n) is 11.8. The molecule has 0 saturated heterocycles. The maximum Gasteiger partial charge on any atom is 0.292 e. The van der Waals surface area contributed by atoms with E-state index in [0.717, 1.165) is 11.1 Å². The molecule has 0 heterocycles. The number of amides is 1. The van der Waals surface area contributed by atoms with Gasteiger partial charge in [0.25, 0.3) is 5.91 Å². The zero-order valence-electron chi connectivity index (χ0n) is 25.4. The molecule has 8 heteroatoms. The summed E-state index contributed by atoms with van der Waals surface area (Å²) in [6, 6.07) is 19.0. The summed E-state index contributed by atoms with van der Waals surface area (Å²) < 4.78 is 10.5. The molecule has 0 radical (unpaired) electrons. The maximum absolute atomic E-state index is 14.0. The normalized spacial score (nSPS) is 18.5. The summed E-state index contributed by atoms with van der Waals surface area (Å²) in [5.41, 5.74) is 1.99. The van der Waals surface area contributed by atoms with Crippen LogP contribution < -0.4 is 14.8 Å². The lowest BCUT2D eigenvalue weighted by Gasteiger charge is -2.39. The Labute approximate surface area is 251 Å². The fourth-order valence-corrected chi connectivity index (χ4v) is 5.89. The van der Waals surface area contributed by atoms with Gasteiger partial charge in [0.2, 0.25) is 5.78 Å². The SMILES string of the molecule is COc1ccc(C(=O)[C@@H](C[C@H]2C(=O)CC(C)(C)[C@H](C(=O)C(=O)Nc3c(C)cccc3C)C2=O)c2ccc(OC)cc2)cc1. The zero-order valence-corrected chi connectivity index (χ0v) is 25.4. The minimum absolute atomic E-state index is 0.0808. The number of ketones is 4. The number of Topliss-reactive ketones (excluding diaryl/α,β-unsaturated/α-hetero) is 4. The van der Waals surface area contributed by atoms with Crippen LogP contribution in [0, 0.1) is 31.1 Å². The van der Waals surface area contributed by atoms with Gasteiger partial charge in [0, 0.05) is 23.6 Å². The molecule has 1 aliphatic rings. The highest BCUT2D eigenvalue weighted by molar-refractivity contribution is 6.45. The van der Waals surface area contributed by atoms with Gasteiger partial charge >= 0.3 is 0 Å². The Morgan fingerprint density at radius 1 is 0.860 bits per heavy atom. The third kappa shape index (κ3) is 6.58. The first-order valence-corrected chi connectivity index (χ1v) is 14.2. The van der Waals surface area contributed by atoms with Gasteiger partial charge in [-0.1, -0.05) is 44.2 Å². The smallest absolute Gasteiger partial charge is 0.292 e. The Kier molecular flexibility index (Phi) is 9.28. The predicted octanol–water partition coefficient (Wildman–Crippen LogP) is 5.69. The van der Waals surface area contributed by atoms with E-state index in [-0.39, 0.29) is 24.4 Å². The van der Waals surface area contributed by atoms with Gasteiger partial charge in [-0.05, 0) is 78.8 Å². The fourth-order valence-electron chi connectivity index (χ4n) is 5.89. The second kappa shape index (κ2) is 12.7. The summed E-state index contributed by atoms with van der Waals surface area (Å²) in [7, 11) is 3.06. The first kappa shape index (κ1) is 31.3. The molecule has 3 aromatic rings. The molecule has 3 atom stereocenters. The standard InChI is InChI=1S/C35H37NO7/c1-20-8-7-9-21(2)30(20)36-34(41)33(40)29-32(39)27(28(37)19-35(29,3)4)18-26(22-10-14-24(42-5)15-11-22)31(38)23-12-16-25(43-6)17-13-23/h7-17,26-27,29H,18-19H2,1-6H3,(H,36,41)/t26-,27-,29-/m0/s1. The van der Waals surface area contributed by atoms with E-state index in [1.54, 1.807) is 62.4 Å². The lowest BCUT2D eigenvalue weighted by Crippen LogP contribution is -2.52. The van der Waals surface area contributed by atoms with Gasteiger partial charge in [-0.3, -0.25) is 24.0 Å². The molecule has 0 spiro atoms. The van der Waals surface area contributed by atoms with Crippen molar-refractivity contribution in [2.24, 2.45) is 17.3 Å². The Hall–Kier alpha value is -4.59. The molecule has 0 aromatic heterocycles. The van der Waals surface area contributed by atoms with E-state index in [2.05, 4.69) is 5.32 Å². The lowest BCUT2D eigenvalue weighted by atomic mass is 9.60. The summed E-state index contributed by atoms with van der Waals surface area (Å²) in [5.74, 6) is -5.33. The van der Waals surface area contributed by atoms with E-state index in [1.807, 2.05) is 32.0 Å². The van der Waals surface area contributed by atoms with Crippen LogP contribution in [0.3, 0.4) is 0 Å². The first-order valence-electron chi connectivity index (χ1n) is 14.2. The van der Waals surface area contributed by atoms with Crippen molar-refractivity contribution in [3.05, 3.63) is 89.0 Å². The van der Waals surface area contributed by atoms with Crippen LogP contribution in [0.1, 0.15) is 59.7 Å². The van der Waals surface area contributed by atoms with Gasteiger partial charge in [-0.25, -0.2) is 0 Å². The third-order valence-corrected chi connectivity index (χ3v) is 8.31. The van der Waals surface area contributed by atoms with E-state index in [9.17, 15) is 24.0 Å². The van der Waals surface area contributed by atoms with Crippen LogP contribution in [0.5, 0.6) is 11.5 Å². The Bertz CT molecular complexity index is 1530. The predicted molar refractivity (Wildman–Crippen MR) is 163 cm³/mol. The number of methoxy groups -OCH3 is 2. The number of ether oxygens (including phenoxy) is 2. The van der Waals surface area contributed by atoms with Gasteiger partial charge in [-0.2, -0.15) is 0 Å². The highest BCUT2D eigenvalue weighted by atomic mass is 16.5. The van der Waals surface area contributed by atoms with Gasteiger partial charge in [0.05, 0.1) is 26.1 Å². The maximum atomic E-state index is 14.0. The number of carbonyl (C=O) groups is 5. The fraction of sp³-hybridized carbons (Fsp3) is 0.343. The van der Waals surface area contributed by atoms with E-state index in [1.165, 1.54) is 14.2 Å². The van der Waals surface area contributed by atoms with Crippen LogP contribution in [-0.2, 0) is 19.2 Å². The number of para-hydroxylation sites is 1. The van der Waals surface area contributed by atoms with Crippen molar-refractivity contribution < 1.29 is 33.4 Å². The molecule has 0 unspecified atom stereocenters. The van der Waals surface area contributed by atoms with Crippen LogP contribution in [0.15, 0.2) is 66.7 Å². The molecule has 8 nitrogen and oxygen atoms in total. The number of hydrogen-bond acceptors (Lipinski definition) is 7. The minimum atomic E-state index is -1.34. The Morgan fingerprint density at radius 2 is 1.40 bits per heavy atom. The topological polar surface area (TPSA) is 116 Å². The Balaban J connectivity index is 1.66. The summed E-state index contributed by atoms with van der Waals surface area (Å²) in [6.45, 7) is 6.93. The van der Waals surface area contributed by atoms with Crippen molar-refractivity contribution in [3.8, 4) is 11.5 Å². The molecule has 0 aliphatic heterocycles. The summed E-state index contributed by atoms with van der Waals surface area (Å²) in [5, 5.41) is 2.68. The highest BCUT2D eigenvalue weighted by Crippen LogP contribution is 2.43. The Morgan fingerprint density at radius 3 is 1.93 bits per heavy atom. The number of nitrogens with one attached hydrogen (secondary N) is 1. The molecule has 0 bridgehead atoms. The summed E-state index contributed by atoms with van der Waals surface area (Å²) in [4.78, 5) is 68.2. The van der Waals surface area contributed by atoms with Crippen LogP contribution in [0.2, 0.25) is 0 Å². The average Bonchev–Trinajstić information content (AvgIpc) is 2.98. The monoisotopic (exact) mass is 583 g/mol. The molecule has 3 aromatic carbocycles. The van der Waals surface area contributed by atoms with Crippen LogP contribution >= 0.6 is 0 Å². The van der Waals surface area contributed by atoms with Crippen molar-refractivity contribution >= 4 is 34.7 Å². The number of benzene rings is 3. The molecule has 1 fully saturated rings. The molecule has 1 aliphatic carbocycles. The zero-order chi connectivity index (χ0) is 31.5. The largest absolute Gasteiger partial charge is 0.497 e. The van der Waals surface area contributed by atoms with E-state index in [0.29, 0.717) is 28.3 Å². The molecule has 43 heavy (non-hydrogen) atoms. The molecule has 1 saturated carbocycles. The van der Waals surface area contributed by atoms with Crippen LogP contribution in [0.4, 0.5) is 5.69 Å². The lowest BCUT2D eigenvalue weighted by molar-refractivity contribution is -0.153. The van der Waals surface area contributed by atoms with Crippen molar-refractivity contribution in [2.45, 2.75) is 46.5 Å². The molecular formula is C35H37NO7. The highest BCUT2D eigenvalue weighted by Gasteiger charge is 2.53. The number of rotatable bonds is 10. The summed E-state index contributed by atoms with van der Waals surface area (Å²) >= 11 is 0. The van der Waals surface area contributed by atoms with Gasteiger partial charge in [0.1, 0.15) is 17.3 Å². The van der Waals surface area contributed by atoms with Gasteiger partial charge in [-0.15, -0.1) is 0 Å². The number of anilines is 1. The number of hydrogen-bond donors (Lipinski definition) is 1. The van der Waals surface area contributed by atoms with E-state index < -0.39 is 40.6 Å². The minimum Gasteiger partial charge on any atom is -0.497 e. The quantitative estimate of drug-likeness (QED) is 0.185. The molecule has 1 N–H and O–H groups in total. The molecular weight excluding hydrogens is 546 g/mol. The number of carbonyl (C=O) groups excluding carboxylic acids is 5. The molecule has 1 amide bonds. The second-order valence-corrected chi connectivity index (χ2v) is 11.8. The van der Waals surface area contributed by atoms with Crippen LogP contribution in [0.25, 0.3) is 0 Å². The van der Waals surface area contributed by atoms with E-state index in [4.69, 9.17) is 9.47 Å². The van der Waals surface area contributed by atoms with E-state index >= 15 is 0 Å². The van der Waals surface area contributed by atoms with Crippen LogP contribution in [-0.4, -0.2) is 43.3 Å². The van der Waals surface area contributed by atoms with Gasteiger partial charge in [0.15, 0.2) is 11.6 Å². The van der Waals surface area contributed by atoms with Crippen molar-refractivity contribution in [1.29, 1.82) is 0 Å². The molecule has 4 rings (SSSR count). The van der Waals surface area contributed by atoms with Gasteiger partial charge < -0.3 is 14.8 Å². The third-order valence-electron chi connectivity index (χ3n) is 8.31. The van der Waals surface area contributed by atoms with Crippen molar-refractivity contribution in [3.63, 3.8) is 0 Å². The average molecular weight is 584 g/mol. The number of aryl methyl sites for hydroxylation is 2. The van der Waals surface area contributed by atoms with Crippen molar-refractivity contribution in [2.75, 3.05) is 19.5 Å². The van der Waals surface area contributed by atoms with Crippen molar-refractivity contribution in [1.82, 2.24) is 0 Å². The molecule has 224 valence electrons.